The maximum atomic E-state index is 13.8. The SMILES string of the molecule is CC(C)C[C@H](NC(=O)[C@H](CC(C)C)NC(=O)c1cccc2c1CCCC2)B1OC2C[C@@H]3C[C@@H](C3(C)C)[C@]2(C)O1. The van der Waals surface area contributed by atoms with Gasteiger partial charge < -0.3 is 19.9 Å². The molecule has 5 aliphatic rings. The molecule has 7 heteroatoms. The molecule has 6 atom stereocenters. The third kappa shape index (κ3) is 5.42. The summed E-state index contributed by atoms with van der Waals surface area (Å²) in [5, 5.41) is 6.40. The molecule has 2 amide bonds. The van der Waals surface area contributed by atoms with Gasteiger partial charge in [-0.15, -0.1) is 0 Å². The number of benzene rings is 1. The first-order chi connectivity index (χ1) is 18.4. The second-order valence-corrected chi connectivity index (χ2v) is 14.4. The van der Waals surface area contributed by atoms with Gasteiger partial charge in [-0.25, -0.2) is 0 Å². The van der Waals surface area contributed by atoms with E-state index in [1.165, 1.54) is 12.0 Å². The van der Waals surface area contributed by atoms with E-state index in [2.05, 4.69) is 65.2 Å². The summed E-state index contributed by atoms with van der Waals surface area (Å²) in [6, 6.07) is 5.39. The highest BCUT2D eigenvalue weighted by molar-refractivity contribution is 6.48. The molecule has 6 rings (SSSR count). The maximum absolute atomic E-state index is 13.8. The summed E-state index contributed by atoms with van der Waals surface area (Å²) in [7, 11) is -0.474. The Balaban J connectivity index is 1.31. The molecule has 1 heterocycles. The molecule has 4 fully saturated rings. The zero-order chi connectivity index (χ0) is 28.1. The number of aryl methyl sites for hydroxylation is 1. The molecule has 3 saturated carbocycles. The molecule has 0 aromatic heterocycles. The van der Waals surface area contributed by atoms with E-state index in [4.69, 9.17) is 9.31 Å². The molecule has 1 saturated heterocycles. The van der Waals surface area contributed by atoms with Gasteiger partial charge in [0.25, 0.3) is 5.91 Å². The van der Waals surface area contributed by atoms with Crippen molar-refractivity contribution in [2.45, 2.75) is 124 Å². The van der Waals surface area contributed by atoms with Gasteiger partial charge in [0.05, 0.1) is 17.6 Å². The lowest BCUT2D eigenvalue weighted by molar-refractivity contribution is -0.199. The highest BCUT2D eigenvalue weighted by atomic mass is 16.7. The van der Waals surface area contributed by atoms with Crippen LogP contribution in [0.1, 0.15) is 108 Å². The molecule has 1 aromatic carbocycles. The van der Waals surface area contributed by atoms with E-state index in [1.54, 1.807) is 0 Å². The van der Waals surface area contributed by atoms with Crippen LogP contribution in [0.2, 0.25) is 0 Å². The Morgan fingerprint density at radius 2 is 1.72 bits per heavy atom. The Morgan fingerprint density at radius 3 is 2.41 bits per heavy atom. The van der Waals surface area contributed by atoms with Crippen LogP contribution in [0.3, 0.4) is 0 Å². The molecular formula is C32H49BN2O4. The number of nitrogens with one attached hydrogen (secondary N) is 2. The van der Waals surface area contributed by atoms with Gasteiger partial charge in [0, 0.05) is 5.56 Å². The molecule has 1 unspecified atom stereocenters. The lowest BCUT2D eigenvalue weighted by Gasteiger charge is -2.64. The molecule has 2 bridgehead atoms. The van der Waals surface area contributed by atoms with Gasteiger partial charge in [0.1, 0.15) is 6.04 Å². The predicted octanol–water partition coefficient (Wildman–Crippen LogP) is 5.51. The predicted molar refractivity (Wildman–Crippen MR) is 155 cm³/mol. The van der Waals surface area contributed by atoms with Crippen molar-refractivity contribution in [2.75, 3.05) is 0 Å². The Morgan fingerprint density at radius 1 is 1.00 bits per heavy atom. The van der Waals surface area contributed by atoms with Crippen LogP contribution in [-0.2, 0) is 26.9 Å². The quantitative estimate of drug-likeness (QED) is 0.408. The Kier molecular flexibility index (Phi) is 7.98. The van der Waals surface area contributed by atoms with Crippen LogP contribution < -0.4 is 10.6 Å². The highest BCUT2D eigenvalue weighted by Crippen LogP contribution is 2.65. The van der Waals surface area contributed by atoms with Crippen LogP contribution >= 0.6 is 0 Å². The molecule has 0 radical (unpaired) electrons. The van der Waals surface area contributed by atoms with Crippen molar-refractivity contribution in [3.8, 4) is 0 Å². The minimum atomic E-state index is -0.613. The summed E-state index contributed by atoms with van der Waals surface area (Å²) < 4.78 is 13.3. The van der Waals surface area contributed by atoms with Gasteiger partial charge >= 0.3 is 7.12 Å². The van der Waals surface area contributed by atoms with Gasteiger partial charge in [-0.05, 0) is 105 Å². The third-order valence-electron chi connectivity index (χ3n) is 10.3. The first-order valence-electron chi connectivity index (χ1n) is 15.5. The van der Waals surface area contributed by atoms with Crippen LogP contribution in [0, 0.1) is 29.1 Å². The zero-order valence-corrected chi connectivity index (χ0v) is 25.1. The summed E-state index contributed by atoms with van der Waals surface area (Å²) >= 11 is 0. The molecule has 2 N–H and O–H groups in total. The highest BCUT2D eigenvalue weighted by Gasteiger charge is 2.68. The summed E-state index contributed by atoms with van der Waals surface area (Å²) in [5.74, 6) is 1.19. The van der Waals surface area contributed by atoms with E-state index in [0.29, 0.717) is 29.7 Å². The molecule has 214 valence electrons. The first-order valence-corrected chi connectivity index (χ1v) is 15.5. The third-order valence-corrected chi connectivity index (χ3v) is 10.3. The smallest absolute Gasteiger partial charge is 0.404 e. The van der Waals surface area contributed by atoms with E-state index in [9.17, 15) is 9.59 Å². The number of carbonyl (C=O) groups excluding carboxylic acids is 2. The summed E-state index contributed by atoms with van der Waals surface area (Å²) in [4.78, 5) is 27.3. The van der Waals surface area contributed by atoms with Crippen molar-refractivity contribution < 1.29 is 18.9 Å². The molecule has 6 nitrogen and oxygen atoms in total. The van der Waals surface area contributed by atoms with Crippen molar-refractivity contribution in [3.05, 3.63) is 34.9 Å². The Labute approximate surface area is 235 Å². The van der Waals surface area contributed by atoms with Crippen molar-refractivity contribution in [3.63, 3.8) is 0 Å². The van der Waals surface area contributed by atoms with E-state index >= 15 is 0 Å². The Bertz CT molecular complexity index is 1090. The number of amides is 2. The van der Waals surface area contributed by atoms with Gasteiger partial charge in [-0.3, -0.25) is 9.59 Å². The van der Waals surface area contributed by atoms with Crippen molar-refractivity contribution in [2.24, 2.45) is 29.1 Å². The van der Waals surface area contributed by atoms with Crippen LogP contribution in [0.4, 0.5) is 0 Å². The fraction of sp³-hybridized carbons (Fsp3) is 0.750. The lowest BCUT2D eigenvalue weighted by atomic mass is 9.43. The normalized spacial score (nSPS) is 30.3. The van der Waals surface area contributed by atoms with Gasteiger partial charge in [0.15, 0.2) is 0 Å². The summed E-state index contributed by atoms with van der Waals surface area (Å²) in [6.45, 7) is 15.4. The topological polar surface area (TPSA) is 76.7 Å². The second-order valence-electron chi connectivity index (χ2n) is 14.4. The minimum absolute atomic E-state index is 0.0706. The van der Waals surface area contributed by atoms with Crippen LogP contribution in [-0.4, -0.2) is 42.6 Å². The van der Waals surface area contributed by atoms with Crippen LogP contribution in [0.25, 0.3) is 0 Å². The van der Waals surface area contributed by atoms with Crippen molar-refractivity contribution >= 4 is 18.9 Å². The van der Waals surface area contributed by atoms with Gasteiger partial charge in [-0.1, -0.05) is 53.7 Å². The number of rotatable bonds is 9. The van der Waals surface area contributed by atoms with E-state index in [-0.39, 0.29) is 40.8 Å². The summed E-state index contributed by atoms with van der Waals surface area (Å²) in [6.07, 6.45) is 7.82. The Hall–Kier alpha value is -1.86. The number of fused-ring (bicyclic) bond motifs is 1. The van der Waals surface area contributed by atoms with Crippen LogP contribution in [0.15, 0.2) is 18.2 Å². The maximum Gasteiger partial charge on any atom is 0.481 e. The van der Waals surface area contributed by atoms with Crippen molar-refractivity contribution in [1.82, 2.24) is 10.6 Å². The van der Waals surface area contributed by atoms with Gasteiger partial charge in [0.2, 0.25) is 5.91 Å². The molecule has 4 aliphatic carbocycles. The number of hydrogen-bond acceptors (Lipinski definition) is 4. The van der Waals surface area contributed by atoms with E-state index in [1.807, 2.05) is 12.1 Å². The van der Waals surface area contributed by atoms with Gasteiger partial charge in [-0.2, -0.15) is 0 Å². The molecule has 39 heavy (non-hydrogen) atoms. The summed E-state index contributed by atoms with van der Waals surface area (Å²) in [5.41, 5.74) is 3.08. The standard InChI is InChI=1S/C32H49BN2O4/c1-19(2)15-25(34-29(36)24-14-10-12-21-11-8-9-13-23(21)24)30(37)35-28(16-20(3)4)33-38-27-18-22-17-26(31(22,5)6)32(27,7)39-33/h10,12,14,19-20,22,25-28H,8-9,11,13,15-18H2,1-7H3,(H,34,36)(H,35,37)/t22-,25-,26-,27?,28-,32-/m0/s1. The monoisotopic (exact) mass is 536 g/mol. The zero-order valence-electron chi connectivity index (χ0n) is 25.1. The second kappa shape index (κ2) is 10.9. The largest absolute Gasteiger partial charge is 0.481 e. The average Bonchev–Trinajstić information content (AvgIpc) is 3.24. The molecule has 1 aromatic rings. The molecule has 1 aliphatic heterocycles. The fourth-order valence-corrected chi connectivity index (χ4v) is 8.03. The minimum Gasteiger partial charge on any atom is -0.404 e. The van der Waals surface area contributed by atoms with E-state index < -0.39 is 13.2 Å². The lowest BCUT2D eigenvalue weighted by Crippen LogP contribution is -2.65. The average molecular weight is 537 g/mol. The number of hydrogen-bond donors (Lipinski definition) is 2. The van der Waals surface area contributed by atoms with Crippen molar-refractivity contribution in [1.29, 1.82) is 0 Å². The molecule has 0 spiro atoms. The fourth-order valence-electron chi connectivity index (χ4n) is 8.03. The van der Waals surface area contributed by atoms with E-state index in [0.717, 1.165) is 44.1 Å². The molecular weight excluding hydrogens is 487 g/mol. The number of carbonyl (C=O) groups is 2. The first kappa shape index (κ1) is 28.7. The van der Waals surface area contributed by atoms with Crippen LogP contribution in [0.5, 0.6) is 0 Å².